The van der Waals surface area contributed by atoms with E-state index in [0.29, 0.717) is 0 Å². The van der Waals surface area contributed by atoms with Crippen molar-refractivity contribution in [3.63, 3.8) is 0 Å². The van der Waals surface area contributed by atoms with E-state index in [-0.39, 0.29) is 11.5 Å². The van der Waals surface area contributed by atoms with E-state index in [2.05, 4.69) is 46.1 Å². The summed E-state index contributed by atoms with van der Waals surface area (Å²) in [4.78, 5) is 12.0. The van der Waals surface area contributed by atoms with Crippen LogP contribution in [0.5, 0.6) is 0 Å². The van der Waals surface area contributed by atoms with Gasteiger partial charge in [-0.05, 0) is 68.7 Å². The third-order valence-corrected chi connectivity index (χ3v) is 7.95. The summed E-state index contributed by atoms with van der Waals surface area (Å²) in [5.74, 6) is 1.01. The Kier molecular flexibility index (Phi) is 4.39. The van der Waals surface area contributed by atoms with Crippen LogP contribution in [-0.2, 0) is 13.5 Å². The Morgan fingerprint density at radius 3 is 2.61 bits per heavy atom. The first-order valence-electron chi connectivity index (χ1n) is 11.7. The molecule has 1 spiro atoms. The van der Waals surface area contributed by atoms with Crippen molar-refractivity contribution in [1.82, 2.24) is 29.4 Å². The highest BCUT2D eigenvalue weighted by atomic mass is 15.3. The molecule has 1 atom stereocenters. The average Bonchev–Trinajstić information content (AvgIpc) is 3.48. The monoisotopic (exact) mass is 442 g/mol. The van der Waals surface area contributed by atoms with Gasteiger partial charge in [0.15, 0.2) is 5.82 Å². The number of aromatic nitrogens is 6. The zero-order valence-electron chi connectivity index (χ0n) is 19.7. The molecule has 170 valence electrons. The number of anilines is 1. The number of nitrogens with zero attached hydrogens (tertiary/aromatic N) is 7. The highest BCUT2D eigenvalue weighted by Gasteiger charge is 2.46. The van der Waals surface area contributed by atoms with Gasteiger partial charge in [-0.3, -0.25) is 9.67 Å². The summed E-state index contributed by atoms with van der Waals surface area (Å²) in [5.41, 5.74) is 15.8. The lowest BCUT2D eigenvalue weighted by Gasteiger charge is -2.42. The van der Waals surface area contributed by atoms with Gasteiger partial charge in [0.25, 0.3) is 0 Å². The minimum absolute atomic E-state index is 0.0805. The highest BCUT2D eigenvalue weighted by molar-refractivity contribution is 5.76. The first-order chi connectivity index (χ1) is 15.9. The topological polar surface area (TPSA) is 90.2 Å². The molecule has 0 bridgehead atoms. The summed E-state index contributed by atoms with van der Waals surface area (Å²) < 4.78 is 3.92. The van der Waals surface area contributed by atoms with Crippen molar-refractivity contribution in [2.75, 3.05) is 18.0 Å². The molecule has 1 fully saturated rings. The minimum atomic E-state index is 0.0805. The summed E-state index contributed by atoms with van der Waals surface area (Å²) >= 11 is 0. The Bertz CT molecular complexity index is 1370. The maximum absolute atomic E-state index is 6.82. The van der Waals surface area contributed by atoms with Crippen molar-refractivity contribution >= 4 is 11.3 Å². The van der Waals surface area contributed by atoms with Gasteiger partial charge in [-0.25, -0.2) is 9.50 Å². The second-order valence-electron chi connectivity index (χ2n) is 9.79. The Balaban J connectivity index is 1.32. The van der Waals surface area contributed by atoms with Crippen LogP contribution in [0, 0.1) is 26.2 Å². The Hall–Kier alpha value is -3.26. The Morgan fingerprint density at radius 1 is 1.09 bits per heavy atom. The molecule has 2 aliphatic rings. The van der Waals surface area contributed by atoms with E-state index >= 15 is 0 Å². The molecule has 1 aliphatic carbocycles. The standard InChI is InChI=1S/C25H30N8/c1-15-11-19-18(13-27-15)12-25(23(19)26)6-9-32(10-7-25)24-21-5-8-28-33(21)22(16(2)30-24)20-14-29-31(4)17(20)3/h5,8,11,13-14,23H,6-7,9-10,12,26H2,1-4H3/t23-/m1/s1. The zero-order chi connectivity index (χ0) is 22.9. The number of hydrogen-bond acceptors (Lipinski definition) is 6. The van der Waals surface area contributed by atoms with Crippen LogP contribution in [-0.4, -0.2) is 42.5 Å². The van der Waals surface area contributed by atoms with Crippen LogP contribution in [0.4, 0.5) is 5.82 Å². The van der Waals surface area contributed by atoms with Gasteiger partial charge in [0.2, 0.25) is 0 Å². The smallest absolute Gasteiger partial charge is 0.155 e. The summed E-state index contributed by atoms with van der Waals surface area (Å²) in [6, 6.07) is 4.32. The van der Waals surface area contributed by atoms with E-state index < -0.39 is 0 Å². The number of fused-ring (bicyclic) bond motifs is 2. The third kappa shape index (κ3) is 2.93. The van der Waals surface area contributed by atoms with E-state index in [1.165, 1.54) is 11.1 Å². The molecule has 2 N–H and O–H groups in total. The molecular weight excluding hydrogens is 412 g/mol. The second kappa shape index (κ2) is 7.12. The maximum atomic E-state index is 6.82. The molecule has 8 heteroatoms. The van der Waals surface area contributed by atoms with Gasteiger partial charge >= 0.3 is 0 Å². The van der Waals surface area contributed by atoms with Crippen molar-refractivity contribution in [1.29, 1.82) is 0 Å². The summed E-state index contributed by atoms with van der Waals surface area (Å²) in [6.45, 7) is 8.06. The van der Waals surface area contributed by atoms with Crippen molar-refractivity contribution < 1.29 is 0 Å². The zero-order valence-corrected chi connectivity index (χ0v) is 19.7. The van der Waals surface area contributed by atoms with E-state index in [1.807, 2.05) is 41.8 Å². The number of rotatable bonds is 2. The molecule has 0 radical (unpaired) electrons. The number of piperidine rings is 1. The van der Waals surface area contributed by atoms with E-state index in [0.717, 1.165) is 72.0 Å². The third-order valence-electron chi connectivity index (χ3n) is 7.95. The molecule has 4 aromatic rings. The van der Waals surface area contributed by atoms with Gasteiger partial charge < -0.3 is 10.6 Å². The van der Waals surface area contributed by atoms with Gasteiger partial charge in [-0.2, -0.15) is 10.2 Å². The molecule has 1 aliphatic heterocycles. The molecule has 0 aromatic carbocycles. The number of aryl methyl sites for hydroxylation is 3. The molecule has 33 heavy (non-hydrogen) atoms. The van der Waals surface area contributed by atoms with Crippen molar-refractivity contribution in [2.24, 2.45) is 18.2 Å². The van der Waals surface area contributed by atoms with Crippen molar-refractivity contribution in [2.45, 2.75) is 46.1 Å². The first-order valence-corrected chi connectivity index (χ1v) is 11.7. The largest absolute Gasteiger partial charge is 0.355 e. The maximum Gasteiger partial charge on any atom is 0.155 e. The van der Waals surface area contributed by atoms with Crippen LogP contribution in [0.1, 0.15) is 47.1 Å². The van der Waals surface area contributed by atoms with Gasteiger partial charge in [0.1, 0.15) is 5.52 Å². The molecule has 0 unspecified atom stereocenters. The Morgan fingerprint density at radius 2 is 1.88 bits per heavy atom. The number of hydrogen-bond donors (Lipinski definition) is 1. The van der Waals surface area contributed by atoms with Crippen LogP contribution in [0.15, 0.2) is 30.7 Å². The van der Waals surface area contributed by atoms with E-state index in [9.17, 15) is 0 Å². The van der Waals surface area contributed by atoms with Crippen LogP contribution in [0.25, 0.3) is 16.8 Å². The van der Waals surface area contributed by atoms with Crippen molar-refractivity contribution in [3.05, 3.63) is 58.9 Å². The molecule has 5 heterocycles. The number of nitrogens with two attached hydrogens (primary N) is 1. The predicted molar refractivity (Wildman–Crippen MR) is 128 cm³/mol. The van der Waals surface area contributed by atoms with Crippen LogP contribution in [0.2, 0.25) is 0 Å². The first kappa shape index (κ1) is 20.4. The van der Waals surface area contributed by atoms with E-state index in [1.54, 1.807) is 0 Å². The molecule has 4 aromatic heterocycles. The fraction of sp³-hybridized carbons (Fsp3) is 0.440. The molecule has 8 nitrogen and oxygen atoms in total. The summed E-state index contributed by atoms with van der Waals surface area (Å²) in [7, 11) is 1.96. The fourth-order valence-corrected chi connectivity index (χ4v) is 5.86. The second-order valence-corrected chi connectivity index (χ2v) is 9.79. The average molecular weight is 443 g/mol. The van der Waals surface area contributed by atoms with Crippen LogP contribution < -0.4 is 10.6 Å². The van der Waals surface area contributed by atoms with Crippen LogP contribution in [0.3, 0.4) is 0 Å². The normalized spacial score (nSPS) is 19.5. The lowest BCUT2D eigenvalue weighted by molar-refractivity contribution is 0.187. The van der Waals surface area contributed by atoms with Gasteiger partial charge in [0.05, 0.1) is 23.8 Å². The van der Waals surface area contributed by atoms with Gasteiger partial charge in [-0.1, -0.05) is 0 Å². The molecule has 0 amide bonds. The highest BCUT2D eigenvalue weighted by Crippen LogP contribution is 2.51. The lowest BCUT2D eigenvalue weighted by Crippen LogP contribution is -2.44. The van der Waals surface area contributed by atoms with Gasteiger partial charge in [0, 0.05) is 49.3 Å². The minimum Gasteiger partial charge on any atom is -0.355 e. The molecule has 0 saturated carbocycles. The quantitative estimate of drug-likeness (QED) is 0.512. The molecular formula is C25H30N8. The van der Waals surface area contributed by atoms with Crippen molar-refractivity contribution in [3.8, 4) is 11.3 Å². The summed E-state index contributed by atoms with van der Waals surface area (Å²) in [6.07, 6.45) is 8.92. The lowest BCUT2D eigenvalue weighted by atomic mass is 9.73. The van der Waals surface area contributed by atoms with Crippen LogP contribution >= 0.6 is 0 Å². The fourth-order valence-electron chi connectivity index (χ4n) is 5.86. The Labute approximate surface area is 193 Å². The predicted octanol–water partition coefficient (Wildman–Crippen LogP) is 3.29. The summed E-state index contributed by atoms with van der Waals surface area (Å²) in [5, 5.41) is 9.09. The SMILES string of the molecule is Cc1cc2c(cn1)CC1(CCN(c3nc(C)c(-c4cnn(C)c4C)n4nccc34)CC1)[C@@H]2N. The molecule has 6 rings (SSSR count). The van der Waals surface area contributed by atoms with Gasteiger partial charge in [-0.15, -0.1) is 0 Å². The number of pyridine rings is 1. The molecule has 1 saturated heterocycles. The van der Waals surface area contributed by atoms with E-state index in [4.69, 9.17) is 10.7 Å².